The zero-order valence-corrected chi connectivity index (χ0v) is 24.0. The lowest BCUT2D eigenvalue weighted by Gasteiger charge is -2.37. The Morgan fingerprint density at radius 2 is 1.37 bits per heavy atom. The molecule has 196 valence electrons. The Labute approximate surface area is 216 Å². The summed E-state index contributed by atoms with van der Waals surface area (Å²) >= 11 is 0. The summed E-state index contributed by atoms with van der Waals surface area (Å²) in [6.45, 7) is 12.6. The highest BCUT2D eigenvalue weighted by Gasteiger charge is 2.51. The predicted molar refractivity (Wildman–Crippen MR) is 147 cm³/mol. The van der Waals surface area contributed by atoms with Gasteiger partial charge in [-0.1, -0.05) is 89.6 Å². The first-order valence-electron chi connectivity index (χ1n) is 14.3. The first kappa shape index (κ1) is 27.4. The lowest BCUT2D eigenvalue weighted by atomic mass is 9.77. The van der Waals surface area contributed by atoms with Crippen molar-refractivity contribution in [3.8, 4) is 0 Å². The first-order valence-corrected chi connectivity index (χ1v) is 17.3. The van der Waals surface area contributed by atoms with Crippen LogP contribution in [0.15, 0.2) is 30.3 Å². The van der Waals surface area contributed by atoms with Gasteiger partial charge >= 0.3 is 7.12 Å². The molecule has 1 heterocycles. The van der Waals surface area contributed by atoms with E-state index in [0.717, 1.165) is 0 Å². The summed E-state index contributed by atoms with van der Waals surface area (Å²) in [5, 5.41) is 0.156. The van der Waals surface area contributed by atoms with Crippen LogP contribution in [-0.4, -0.2) is 40.3 Å². The van der Waals surface area contributed by atoms with Crippen molar-refractivity contribution in [2.24, 2.45) is 11.8 Å². The van der Waals surface area contributed by atoms with Gasteiger partial charge in [0.2, 0.25) is 0 Å². The van der Waals surface area contributed by atoms with E-state index in [2.05, 4.69) is 58.1 Å². The molecule has 0 amide bonds. The highest BCUT2D eigenvalue weighted by molar-refractivity contribution is 6.74. The topological polar surface area (TPSA) is 36.9 Å². The van der Waals surface area contributed by atoms with Crippen molar-refractivity contribution >= 4 is 15.4 Å². The van der Waals surface area contributed by atoms with Gasteiger partial charge in [-0.05, 0) is 61.2 Å². The summed E-state index contributed by atoms with van der Waals surface area (Å²) in [7, 11) is -2.26. The van der Waals surface area contributed by atoms with Crippen molar-refractivity contribution in [2.45, 2.75) is 128 Å². The molecule has 0 radical (unpaired) electrons. The normalized spacial score (nSPS) is 26.3. The smallest absolute Gasteiger partial charge is 0.415 e. The summed E-state index contributed by atoms with van der Waals surface area (Å²) in [4.78, 5) is 0. The highest BCUT2D eigenvalue weighted by Crippen LogP contribution is 2.42. The fourth-order valence-corrected chi connectivity index (χ4v) is 6.86. The van der Waals surface area contributed by atoms with E-state index < -0.39 is 8.32 Å². The Morgan fingerprint density at radius 1 is 0.857 bits per heavy atom. The van der Waals surface area contributed by atoms with Gasteiger partial charge in [0, 0.05) is 0 Å². The van der Waals surface area contributed by atoms with Gasteiger partial charge in [-0.2, -0.15) is 0 Å². The van der Waals surface area contributed by atoms with E-state index in [0.29, 0.717) is 25.0 Å². The highest BCUT2D eigenvalue weighted by atomic mass is 28.4. The minimum absolute atomic E-state index is 0.156. The van der Waals surface area contributed by atoms with E-state index in [1.54, 1.807) is 0 Å². The van der Waals surface area contributed by atoms with Gasteiger partial charge in [0.1, 0.15) is 6.00 Å². The molecule has 35 heavy (non-hydrogen) atoms. The van der Waals surface area contributed by atoms with Crippen molar-refractivity contribution in [1.82, 2.24) is 0 Å². The molecule has 3 fully saturated rings. The first-order chi connectivity index (χ1) is 16.7. The molecule has 1 aliphatic heterocycles. The molecule has 4 nitrogen and oxygen atoms in total. The fraction of sp³-hybridized carbons (Fsp3) is 0.793. The minimum Gasteiger partial charge on any atom is -0.415 e. The average Bonchev–Trinajstić information content (AvgIpc) is 3.30. The monoisotopic (exact) mass is 500 g/mol. The van der Waals surface area contributed by atoms with Crippen LogP contribution in [0, 0.1) is 11.8 Å². The quantitative estimate of drug-likeness (QED) is 0.328. The maximum atomic E-state index is 6.86. The summed E-state index contributed by atoms with van der Waals surface area (Å²) in [6.07, 6.45) is 13.6. The Hall–Kier alpha value is -0.658. The maximum Gasteiger partial charge on any atom is 0.490 e. The van der Waals surface area contributed by atoms with E-state index in [4.69, 9.17) is 18.5 Å². The van der Waals surface area contributed by atoms with E-state index in [1.807, 2.05) is 6.07 Å². The molecule has 6 heteroatoms. The molecule has 1 aromatic carbocycles. The molecule has 0 spiro atoms. The number of benzene rings is 1. The Morgan fingerprint density at radius 3 is 1.86 bits per heavy atom. The molecule has 2 aliphatic carbocycles. The largest absolute Gasteiger partial charge is 0.490 e. The second-order valence-corrected chi connectivity index (χ2v) is 17.6. The standard InChI is InChI=1S/C29H49BO4Si/c1-29(2,3)35(4,5)32-22-26(31-21-23-15-9-6-10-16-23)30-33-27(24-17-11-7-12-18-24)28(34-30)25-19-13-8-14-20-25/h6,9-10,15-16,24-28H,7-8,11-14,17-22H2,1-5H3/t26-,27+,28+/m1/s1. The number of rotatable bonds is 9. The second-order valence-electron chi connectivity index (χ2n) is 12.8. The van der Waals surface area contributed by atoms with Crippen molar-refractivity contribution in [3.05, 3.63) is 35.9 Å². The lowest BCUT2D eigenvalue weighted by Crippen LogP contribution is -2.47. The molecule has 3 atom stereocenters. The van der Waals surface area contributed by atoms with E-state index in [1.165, 1.54) is 69.8 Å². The number of hydrogen-bond donors (Lipinski definition) is 0. The van der Waals surface area contributed by atoms with Crippen molar-refractivity contribution < 1.29 is 18.5 Å². The van der Waals surface area contributed by atoms with E-state index in [9.17, 15) is 0 Å². The second kappa shape index (κ2) is 12.3. The molecule has 0 aromatic heterocycles. The maximum absolute atomic E-state index is 6.86. The molecule has 0 unspecified atom stereocenters. The molecular formula is C29H49BO4Si. The zero-order valence-electron chi connectivity index (χ0n) is 23.0. The van der Waals surface area contributed by atoms with Gasteiger partial charge in [-0.3, -0.25) is 0 Å². The molecule has 4 rings (SSSR count). The van der Waals surface area contributed by atoms with Crippen LogP contribution in [0.1, 0.15) is 90.5 Å². The van der Waals surface area contributed by atoms with Crippen molar-refractivity contribution in [2.75, 3.05) is 6.61 Å². The number of ether oxygens (including phenoxy) is 1. The third-order valence-corrected chi connectivity index (χ3v) is 13.7. The van der Waals surface area contributed by atoms with Crippen molar-refractivity contribution in [1.29, 1.82) is 0 Å². The molecular weight excluding hydrogens is 451 g/mol. The number of hydrogen-bond acceptors (Lipinski definition) is 4. The van der Waals surface area contributed by atoms with Crippen LogP contribution in [0.2, 0.25) is 18.1 Å². The summed E-state index contributed by atoms with van der Waals surface area (Å²) in [5.41, 5.74) is 1.18. The van der Waals surface area contributed by atoms with E-state index >= 15 is 0 Å². The van der Waals surface area contributed by atoms with Gasteiger partial charge in [-0.15, -0.1) is 0 Å². The lowest BCUT2D eigenvalue weighted by molar-refractivity contribution is 0.0289. The zero-order chi connectivity index (χ0) is 24.9. The van der Waals surface area contributed by atoms with Crippen LogP contribution >= 0.6 is 0 Å². The molecule has 1 saturated heterocycles. The van der Waals surface area contributed by atoms with Gasteiger partial charge in [0.05, 0.1) is 25.4 Å². The van der Waals surface area contributed by atoms with Crippen LogP contribution in [-0.2, 0) is 25.1 Å². The SMILES string of the molecule is CC(C)(C)[Si](C)(C)OC[C@@H](OCc1ccccc1)B1O[C@@H](C2CCCCC2)[C@H](C2CCCCC2)O1. The fourth-order valence-electron chi connectivity index (χ4n) is 5.85. The molecule has 0 N–H and O–H groups in total. The van der Waals surface area contributed by atoms with Gasteiger partial charge in [0.15, 0.2) is 8.32 Å². The molecule has 2 saturated carbocycles. The molecule has 3 aliphatic rings. The van der Waals surface area contributed by atoms with Crippen LogP contribution in [0.25, 0.3) is 0 Å². The third kappa shape index (κ3) is 7.22. The summed E-state index contributed by atoms with van der Waals surface area (Å²) in [6, 6.07) is 10.2. The van der Waals surface area contributed by atoms with Crippen LogP contribution < -0.4 is 0 Å². The minimum atomic E-state index is -1.92. The predicted octanol–water partition coefficient (Wildman–Crippen LogP) is 7.57. The Kier molecular flexibility index (Phi) is 9.59. The third-order valence-electron chi connectivity index (χ3n) is 9.16. The van der Waals surface area contributed by atoms with Crippen LogP contribution in [0.5, 0.6) is 0 Å². The molecule has 1 aromatic rings. The Bertz CT molecular complexity index is 730. The average molecular weight is 501 g/mol. The molecule has 0 bridgehead atoms. The van der Waals surface area contributed by atoms with Crippen LogP contribution in [0.4, 0.5) is 0 Å². The summed E-state index contributed by atoms with van der Waals surface area (Å²) in [5.74, 6) is 1.24. The van der Waals surface area contributed by atoms with Gasteiger partial charge < -0.3 is 18.5 Å². The Balaban J connectivity index is 1.50. The van der Waals surface area contributed by atoms with Crippen LogP contribution in [0.3, 0.4) is 0 Å². The van der Waals surface area contributed by atoms with Gasteiger partial charge in [0.25, 0.3) is 0 Å². The van der Waals surface area contributed by atoms with E-state index in [-0.39, 0.29) is 30.4 Å². The summed E-state index contributed by atoms with van der Waals surface area (Å²) < 4.78 is 26.9. The van der Waals surface area contributed by atoms with Gasteiger partial charge in [-0.25, -0.2) is 0 Å². The van der Waals surface area contributed by atoms with Crippen molar-refractivity contribution in [3.63, 3.8) is 0 Å².